The highest BCUT2D eigenvalue weighted by Gasteiger charge is 2.20. The highest BCUT2D eigenvalue weighted by atomic mass is 32.1. The van der Waals surface area contributed by atoms with Crippen molar-refractivity contribution in [1.82, 2.24) is 9.97 Å². The van der Waals surface area contributed by atoms with Crippen LogP contribution in [0, 0.1) is 6.92 Å². The molecule has 0 aliphatic carbocycles. The molecule has 124 valence electrons. The normalized spacial score (nSPS) is 10.8. The number of nitrogen functional groups attached to an aromatic ring is 1. The van der Waals surface area contributed by atoms with E-state index in [2.05, 4.69) is 9.97 Å². The number of nitrogens with two attached hydrogens (primary N) is 1. The zero-order chi connectivity index (χ0) is 17.4. The third-order valence-electron chi connectivity index (χ3n) is 3.59. The van der Waals surface area contributed by atoms with E-state index in [0.717, 1.165) is 22.5 Å². The van der Waals surface area contributed by atoms with Crippen molar-refractivity contribution >= 4 is 33.5 Å². The first-order valence-electron chi connectivity index (χ1n) is 6.98. The Hall–Kier alpha value is -2.87. The molecular formula is C16H15N3O4S. The lowest BCUT2D eigenvalue weighted by Crippen LogP contribution is -2.00. The van der Waals surface area contributed by atoms with Gasteiger partial charge in [-0.3, -0.25) is 0 Å². The van der Waals surface area contributed by atoms with Crippen LogP contribution < -0.4 is 15.2 Å². The second-order valence-electron chi connectivity index (χ2n) is 5.09. The van der Waals surface area contributed by atoms with Gasteiger partial charge in [0.05, 0.1) is 19.9 Å². The van der Waals surface area contributed by atoms with E-state index < -0.39 is 5.97 Å². The third kappa shape index (κ3) is 2.61. The van der Waals surface area contributed by atoms with Gasteiger partial charge in [-0.25, -0.2) is 14.8 Å². The van der Waals surface area contributed by atoms with Gasteiger partial charge in [0.25, 0.3) is 0 Å². The number of hydrogen-bond donors (Lipinski definition) is 2. The Labute approximate surface area is 141 Å². The van der Waals surface area contributed by atoms with Crippen molar-refractivity contribution in [2.45, 2.75) is 6.92 Å². The Morgan fingerprint density at radius 2 is 1.96 bits per heavy atom. The number of hydrogen-bond acceptors (Lipinski definition) is 7. The monoisotopic (exact) mass is 345 g/mol. The summed E-state index contributed by atoms with van der Waals surface area (Å²) in [6.07, 6.45) is 0. The molecule has 0 aliphatic heterocycles. The van der Waals surface area contributed by atoms with Gasteiger partial charge >= 0.3 is 5.97 Å². The minimum atomic E-state index is -1.01. The number of carboxylic acid groups (broad SMARTS) is 1. The summed E-state index contributed by atoms with van der Waals surface area (Å²) < 4.78 is 10.7. The van der Waals surface area contributed by atoms with Crippen LogP contribution in [0.15, 0.2) is 18.2 Å². The van der Waals surface area contributed by atoms with Gasteiger partial charge in [0, 0.05) is 17.0 Å². The predicted octanol–water partition coefficient (Wildman–Crippen LogP) is 2.96. The number of aromatic nitrogens is 2. The molecule has 0 spiro atoms. The second kappa shape index (κ2) is 5.97. The molecule has 0 radical (unpaired) electrons. The zero-order valence-electron chi connectivity index (χ0n) is 13.3. The summed E-state index contributed by atoms with van der Waals surface area (Å²) in [5.74, 6) is 0.284. The molecule has 0 unspecified atom stereocenters. The lowest BCUT2D eigenvalue weighted by atomic mass is 10.0. The fourth-order valence-electron chi connectivity index (χ4n) is 2.54. The van der Waals surface area contributed by atoms with E-state index in [0.29, 0.717) is 27.4 Å². The van der Waals surface area contributed by atoms with Crippen molar-refractivity contribution in [1.29, 1.82) is 0 Å². The lowest BCUT2D eigenvalue weighted by molar-refractivity contribution is 0.0702. The number of rotatable bonds is 4. The smallest absolute Gasteiger partial charge is 0.345 e. The minimum absolute atomic E-state index is 0.0774. The number of methoxy groups -OCH3 is 2. The van der Waals surface area contributed by atoms with Gasteiger partial charge in [-0.05, 0) is 24.6 Å². The number of nitrogens with zero attached hydrogens (tertiary/aromatic N) is 2. The Bertz CT molecular complexity index is 952. The average Bonchev–Trinajstić information content (AvgIpc) is 2.97. The maximum Gasteiger partial charge on any atom is 0.345 e. The van der Waals surface area contributed by atoms with Crippen LogP contribution in [0.1, 0.15) is 15.2 Å². The molecule has 2 heterocycles. The number of ether oxygens (including phenoxy) is 2. The van der Waals surface area contributed by atoms with E-state index in [1.807, 2.05) is 13.0 Å². The van der Waals surface area contributed by atoms with Crippen molar-refractivity contribution in [3.05, 3.63) is 28.6 Å². The molecule has 24 heavy (non-hydrogen) atoms. The average molecular weight is 345 g/mol. The minimum Gasteiger partial charge on any atom is -0.497 e. The largest absolute Gasteiger partial charge is 0.497 e. The Morgan fingerprint density at radius 1 is 1.21 bits per heavy atom. The molecule has 2 aromatic heterocycles. The molecule has 7 nitrogen and oxygen atoms in total. The van der Waals surface area contributed by atoms with Gasteiger partial charge in [-0.2, -0.15) is 0 Å². The van der Waals surface area contributed by atoms with Crippen LogP contribution >= 0.6 is 11.3 Å². The van der Waals surface area contributed by atoms with E-state index in [1.165, 1.54) is 0 Å². The Kier molecular flexibility index (Phi) is 3.98. The van der Waals surface area contributed by atoms with E-state index >= 15 is 0 Å². The summed E-state index contributed by atoms with van der Waals surface area (Å²) in [5.41, 5.74) is 7.95. The number of carboxylic acids is 1. The number of carbonyl (C=O) groups is 1. The maximum absolute atomic E-state index is 11.3. The van der Waals surface area contributed by atoms with Crippen LogP contribution in [0.5, 0.6) is 11.5 Å². The zero-order valence-corrected chi connectivity index (χ0v) is 14.1. The van der Waals surface area contributed by atoms with Gasteiger partial charge in [0.15, 0.2) is 0 Å². The molecule has 3 rings (SSSR count). The van der Waals surface area contributed by atoms with Crippen LogP contribution in [0.3, 0.4) is 0 Å². The molecule has 0 aliphatic rings. The number of benzene rings is 1. The molecule has 8 heteroatoms. The quantitative estimate of drug-likeness (QED) is 0.748. The molecule has 0 fully saturated rings. The molecule has 0 saturated carbocycles. The van der Waals surface area contributed by atoms with Gasteiger partial charge < -0.3 is 20.3 Å². The maximum atomic E-state index is 11.3. The third-order valence-corrected chi connectivity index (χ3v) is 4.60. The van der Waals surface area contributed by atoms with Gasteiger partial charge in [0.2, 0.25) is 5.95 Å². The molecule has 3 aromatic rings. The van der Waals surface area contributed by atoms with Crippen molar-refractivity contribution in [3.63, 3.8) is 0 Å². The number of aryl methyl sites for hydroxylation is 1. The summed E-state index contributed by atoms with van der Waals surface area (Å²) in [6, 6.07) is 5.16. The molecular weight excluding hydrogens is 330 g/mol. The van der Waals surface area contributed by atoms with E-state index in [1.54, 1.807) is 26.4 Å². The number of anilines is 1. The number of fused-ring (bicyclic) bond motifs is 1. The van der Waals surface area contributed by atoms with Crippen LogP contribution in [-0.4, -0.2) is 35.3 Å². The molecule has 0 atom stereocenters. The second-order valence-corrected chi connectivity index (χ2v) is 6.12. The SMILES string of the molecule is COc1cc(C)c(-c2nc(N)nc3sc(C(=O)O)cc23)c(OC)c1. The van der Waals surface area contributed by atoms with Crippen LogP contribution in [0.25, 0.3) is 21.5 Å². The molecule has 1 aromatic carbocycles. The predicted molar refractivity (Wildman–Crippen MR) is 92.1 cm³/mol. The summed E-state index contributed by atoms with van der Waals surface area (Å²) in [4.78, 5) is 20.4. The lowest BCUT2D eigenvalue weighted by Gasteiger charge is -2.14. The summed E-state index contributed by atoms with van der Waals surface area (Å²) in [5, 5.41) is 9.85. The standard InChI is InChI=1S/C16H15N3O4S/c1-7-4-8(22-2)5-10(23-3)12(7)13-9-6-11(15(20)21)24-14(9)19-16(17)18-13/h4-6H,1-3H3,(H,20,21)(H2,17,18,19). The summed E-state index contributed by atoms with van der Waals surface area (Å²) in [6.45, 7) is 1.90. The van der Waals surface area contributed by atoms with E-state index in [4.69, 9.17) is 15.2 Å². The van der Waals surface area contributed by atoms with Gasteiger partial charge in [-0.15, -0.1) is 11.3 Å². The first-order chi connectivity index (χ1) is 11.4. The molecule has 3 N–H and O–H groups in total. The number of aromatic carboxylic acids is 1. The summed E-state index contributed by atoms with van der Waals surface area (Å²) >= 11 is 1.06. The fraction of sp³-hybridized carbons (Fsp3) is 0.188. The highest BCUT2D eigenvalue weighted by Crippen LogP contribution is 2.40. The van der Waals surface area contributed by atoms with Crippen LogP contribution in [0.2, 0.25) is 0 Å². The fourth-order valence-corrected chi connectivity index (χ4v) is 3.42. The van der Waals surface area contributed by atoms with Gasteiger partial charge in [0.1, 0.15) is 21.2 Å². The van der Waals surface area contributed by atoms with Crippen molar-refractivity contribution in [2.24, 2.45) is 0 Å². The van der Waals surface area contributed by atoms with E-state index in [-0.39, 0.29) is 10.8 Å². The van der Waals surface area contributed by atoms with Crippen LogP contribution in [-0.2, 0) is 0 Å². The topological polar surface area (TPSA) is 108 Å². The number of thiophene rings is 1. The van der Waals surface area contributed by atoms with Crippen molar-refractivity contribution < 1.29 is 19.4 Å². The summed E-state index contributed by atoms with van der Waals surface area (Å²) in [7, 11) is 3.13. The van der Waals surface area contributed by atoms with Crippen molar-refractivity contribution in [2.75, 3.05) is 20.0 Å². The van der Waals surface area contributed by atoms with Crippen molar-refractivity contribution in [3.8, 4) is 22.8 Å². The first kappa shape index (κ1) is 16.0. The first-order valence-corrected chi connectivity index (χ1v) is 7.79. The van der Waals surface area contributed by atoms with Crippen LogP contribution in [0.4, 0.5) is 5.95 Å². The van der Waals surface area contributed by atoms with E-state index in [9.17, 15) is 9.90 Å². The van der Waals surface area contributed by atoms with Gasteiger partial charge in [-0.1, -0.05) is 0 Å². The highest BCUT2D eigenvalue weighted by molar-refractivity contribution is 7.20. The molecule has 0 saturated heterocycles. The Balaban J connectivity index is 2.35. The molecule has 0 bridgehead atoms. The molecule has 0 amide bonds. The Morgan fingerprint density at radius 3 is 2.58 bits per heavy atom.